The molecule has 1 aliphatic heterocycles. The second kappa shape index (κ2) is 10.2. The van der Waals surface area contributed by atoms with E-state index in [-0.39, 0.29) is 12.8 Å². The van der Waals surface area contributed by atoms with Crippen LogP contribution in [0.3, 0.4) is 0 Å². The topological polar surface area (TPSA) is 122 Å². The molecule has 2 aromatic carbocycles. The van der Waals surface area contributed by atoms with Gasteiger partial charge in [-0.05, 0) is 43.9 Å². The second-order valence-electron chi connectivity index (χ2n) is 8.08. The quantitative estimate of drug-likeness (QED) is 0.567. The maximum atomic E-state index is 12.8. The average molecular weight is 437 g/mol. The molecule has 0 bridgehead atoms. The molecule has 8 nitrogen and oxygen atoms in total. The van der Waals surface area contributed by atoms with E-state index in [0.717, 1.165) is 21.6 Å². The van der Waals surface area contributed by atoms with Gasteiger partial charge in [-0.15, -0.1) is 0 Å². The number of likely N-dealkylation sites (tertiary alicyclic amines) is 1. The predicted molar refractivity (Wildman–Crippen MR) is 121 cm³/mol. The molecule has 3 rings (SSSR count). The Bertz CT molecular complexity index is 1020. The summed E-state index contributed by atoms with van der Waals surface area (Å²) in [6, 6.07) is 13.2. The Balaban J connectivity index is 1.59. The number of nitrogens with two attached hydrogens (primary N) is 1. The lowest BCUT2D eigenvalue weighted by Crippen LogP contribution is -2.58. The normalized spacial score (nSPS) is 17.1. The highest BCUT2D eigenvalue weighted by Gasteiger charge is 2.36. The zero-order chi connectivity index (χ0) is 23.3. The molecule has 0 saturated carbocycles. The van der Waals surface area contributed by atoms with E-state index in [4.69, 9.17) is 5.73 Å². The van der Waals surface area contributed by atoms with Crippen LogP contribution < -0.4 is 16.4 Å². The summed E-state index contributed by atoms with van der Waals surface area (Å²) in [6.45, 7) is 3.40. The van der Waals surface area contributed by atoms with Crippen molar-refractivity contribution >= 4 is 29.3 Å². The number of rotatable bonds is 7. The molecule has 0 aromatic heterocycles. The number of hydrogen-bond acceptors (Lipinski definition) is 5. The Kier molecular flexibility index (Phi) is 7.37. The molecule has 4 amide bonds. The van der Waals surface area contributed by atoms with E-state index < -0.39 is 42.3 Å². The van der Waals surface area contributed by atoms with E-state index in [1.165, 1.54) is 0 Å². The first-order valence-electron chi connectivity index (χ1n) is 10.6. The summed E-state index contributed by atoms with van der Waals surface area (Å²) in [7, 11) is 0. The number of carbonyl (C=O) groups is 4. The number of benzene rings is 2. The van der Waals surface area contributed by atoms with Crippen LogP contribution in [0.4, 0.5) is 5.69 Å². The maximum Gasteiger partial charge on any atom is 0.252 e. The molecular formula is C24H28N4O4. The fourth-order valence-electron chi connectivity index (χ4n) is 3.66. The standard InChI is InChI=1S/C24H28N4O4/c1-15-8-9-19(16(2)12-15)26-21(29)14-28-22(30)11-10-20(24(28)32)27-23(31)18(25)13-17-6-4-3-5-7-17/h3-9,12,18,20H,10-11,13-14,25H2,1-2H3,(H,26,29)(H,27,31)/t18?,20-/m0/s1. The van der Waals surface area contributed by atoms with E-state index in [2.05, 4.69) is 10.6 Å². The molecular weight excluding hydrogens is 408 g/mol. The minimum atomic E-state index is -0.893. The van der Waals surface area contributed by atoms with Gasteiger partial charge >= 0.3 is 0 Å². The van der Waals surface area contributed by atoms with Gasteiger partial charge in [-0.2, -0.15) is 0 Å². The molecule has 1 heterocycles. The SMILES string of the molecule is Cc1ccc(NC(=O)CN2C(=O)CC[C@H](NC(=O)C(N)Cc3ccccc3)C2=O)c(C)c1. The van der Waals surface area contributed by atoms with Gasteiger partial charge in [0.25, 0.3) is 5.91 Å². The summed E-state index contributed by atoms with van der Waals surface area (Å²) in [5.74, 6) is -1.99. The molecule has 2 atom stereocenters. The molecule has 1 saturated heterocycles. The number of nitrogens with zero attached hydrogens (tertiary/aromatic N) is 1. The van der Waals surface area contributed by atoms with Gasteiger partial charge in [0.15, 0.2) is 0 Å². The van der Waals surface area contributed by atoms with Crippen molar-refractivity contribution in [3.63, 3.8) is 0 Å². The average Bonchev–Trinajstić information content (AvgIpc) is 2.76. The summed E-state index contributed by atoms with van der Waals surface area (Å²) in [5, 5.41) is 5.37. The van der Waals surface area contributed by atoms with Gasteiger partial charge in [-0.1, -0.05) is 48.0 Å². The van der Waals surface area contributed by atoms with E-state index >= 15 is 0 Å². The Hall–Kier alpha value is -3.52. The highest BCUT2D eigenvalue weighted by atomic mass is 16.2. The number of nitrogens with one attached hydrogen (secondary N) is 2. The van der Waals surface area contributed by atoms with Crippen molar-refractivity contribution in [3.05, 3.63) is 65.2 Å². The number of piperidine rings is 1. The largest absolute Gasteiger partial charge is 0.343 e. The van der Waals surface area contributed by atoms with Crippen molar-refractivity contribution in [2.45, 2.75) is 45.2 Å². The summed E-state index contributed by atoms with van der Waals surface area (Å²) in [5.41, 5.74) is 9.47. The summed E-state index contributed by atoms with van der Waals surface area (Å²) in [4.78, 5) is 51.0. The molecule has 4 N–H and O–H groups in total. The fraction of sp³-hybridized carbons (Fsp3) is 0.333. The van der Waals surface area contributed by atoms with Crippen molar-refractivity contribution in [1.82, 2.24) is 10.2 Å². The fourth-order valence-corrected chi connectivity index (χ4v) is 3.66. The maximum absolute atomic E-state index is 12.8. The van der Waals surface area contributed by atoms with Gasteiger partial charge in [0.2, 0.25) is 17.7 Å². The summed E-state index contributed by atoms with van der Waals surface area (Å²) in [6.07, 6.45) is 0.562. The van der Waals surface area contributed by atoms with Gasteiger partial charge in [-0.3, -0.25) is 24.1 Å². The van der Waals surface area contributed by atoms with Crippen LogP contribution in [0, 0.1) is 13.8 Å². The van der Waals surface area contributed by atoms with Crippen LogP contribution in [0.2, 0.25) is 0 Å². The monoisotopic (exact) mass is 436 g/mol. The lowest BCUT2D eigenvalue weighted by molar-refractivity contribution is -0.152. The van der Waals surface area contributed by atoms with Crippen molar-refractivity contribution in [3.8, 4) is 0 Å². The predicted octanol–water partition coefficient (Wildman–Crippen LogP) is 1.45. The van der Waals surface area contributed by atoms with Gasteiger partial charge in [0, 0.05) is 12.1 Å². The first kappa shape index (κ1) is 23.1. The van der Waals surface area contributed by atoms with Crippen LogP contribution in [-0.4, -0.2) is 47.2 Å². The van der Waals surface area contributed by atoms with Gasteiger partial charge < -0.3 is 16.4 Å². The number of amides is 4. The number of hydrogen-bond donors (Lipinski definition) is 3. The lowest BCUT2D eigenvalue weighted by Gasteiger charge is -2.31. The van der Waals surface area contributed by atoms with Crippen molar-refractivity contribution in [2.24, 2.45) is 5.73 Å². The van der Waals surface area contributed by atoms with E-state index in [9.17, 15) is 19.2 Å². The van der Waals surface area contributed by atoms with Gasteiger partial charge in [-0.25, -0.2) is 0 Å². The molecule has 32 heavy (non-hydrogen) atoms. The van der Waals surface area contributed by atoms with Crippen LogP contribution in [0.25, 0.3) is 0 Å². The number of imide groups is 1. The Morgan fingerprint density at radius 3 is 2.53 bits per heavy atom. The molecule has 8 heteroatoms. The number of aryl methyl sites for hydroxylation is 2. The van der Waals surface area contributed by atoms with Crippen molar-refractivity contribution in [1.29, 1.82) is 0 Å². The van der Waals surface area contributed by atoms with E-state index in [1.54, 1.807) is 6.07 Å². The number of carbonyl (C=O) groups excluding carboxylic acids is 4. The van der Waals surface area contributed by atoms with Crippen LogP contribution >= 0.6 is 0 Å². The second-order valence-corrected chi connectivity index (χ2v) is 8.08. The molecule has 1 fully saturated rings. The minimum Gasteiger partial charge on any atom is -0.343 e. The highest BCUT2D eigenvalue weighted by Crippen LogP contribution is 2.17. The molecule has 168 valence electrons. The first-order valence-corrected chi connectivity index (χ1v) is 10.6. The highest BCUT2D eigenvalue weighted by molar-refractivity contribution is 6.06. The Morgan fingerprint density at radius 1 is 1.12 bits per heavy atom. The minimum absolute atomic E-state index is 0.0570. The first-order chi connectivity index (χ1) is 15.2. The third-order valence-corrected chi connectivity index (χ3v) is 5.42. The molecule has 2 aromatic rings. The zero-order valence-electron chi connectivity index (χ0n) is 18.3. The third kappa shape index (κ3) is 5.79. The van der Waals surface area contributed by atoms with Crippen molar-refractivity contribution in [2.75, 3.05) is 11.9 Å². The molecule has 1 unspecified atom stereocenters. The zero-order valence-corrected chi connectivity index (χ0v) is 18.3. The molecule has 0 radical (unpaired) electrons. The molecule has 1 aliphatic rings. The lowest BCUT2D eigenvalue weighted by atomic mass is 10.0. The molecule has 0 aliphatic carbocycles. The van der Waals surface area contributed by atoms with Crippen LogP contribution in [-0.2, 0) is 25.6 Å². The third-order valence-electron chi connectivity index (χ3n) is 5.42. The van der Waals surface area contributed by atoms with Crippen molar-refractivity contribution < 1.29 is 19.2 Å². The smallest absolute Gasteiger partial charge is 0.252 e. The summed E-state index contributed by atoms with van der Waals surface area (Å²) >= 11 is 0. The van der Waals surface area contributed by atoms with Crippen LogP contribution in [0.15, 0.2) is 48.5 Å². The molecule has 0 spiro atoms. The number of anilines is 1. The van der Waals surface area contributed by atoms with Crippen LogP contribution in [0.1, 0.15) is 29.5 Å². The Labute approximate surface area is 187 Å². The summed E-state index contributed by atoms with van der Waals surface area (Å²) < 4.78 is 0. The van der Waals surface area contributed by atoms with Gasteiger partial charge in [0.05, 0.1) is 6.04 Å². The Morgan fingerprint density at radius 2 is 1.84 bits per heavy atom. The van der Waals surface area contributed by atoms with Crippen LogP contribution in [0.5, 0.6) is 0 Å². The van der Waals surface area contributed by atoms with Gasteiger partial charge in [0.1, 0.15) is 12.6 Å². The van der Waals surface area contributed by atoms with E-state index in [0.29, 0.717) is 12.1 Å². The van der Waals surface area contributed by atoms with E-state index in [1.807, 2.05) is 56.3 Å².